The van der Waals surface area contributed by atoms with Crippen LogP contribution in [0, 0.1) is 0 Å². The van der Waals surface area contributed by atoms with Crippen molar-refractivity contribution >= 4 is 23.6 Å². The van der Waals surface area contributed by atoms with Crippen molar-refractivity contribution in [2.24, 2.45) is 5.73 Å². The Bertz CT molecular complexity index is 1040. The standard InChI is InChI=1S/C27H37N5O5/c1-4-32(5-2)24(34)17-29-27(37)23(16-19-9-7-6-8-10-19)31-25(35)18(3)30-26(36)22(28)15-20-11-13-21(33)14-12-20/h6-14,18,22-23,33H,4-5,15-17,28H2,1-3H3,(H,29,37)(H,30,36)(H,31,35)/t18-,22+,23+/m1/s1. The molecule has 37 heavy (non-hydrogen) atoms. The number of nitrogens with zero attached hydrogens (tertiary/aromatic N) is 1. The van der Waals surface area contributed by atoms with Crippen molar-refractivity contribution in [1.82, 2.24) is 20.9 Å². The summed E-state index contributed by atoms with van der Waals surface area (Å²) in [7, 11) is 0. The molecule has 0 aliphatic carbocycles. The smallest absolute Gasteiger partial charge is 0.243 e. The Balaban J connectivity index is 2.00. The van der Waals surface area contributed by atoms with Crippen molar-refractivity contribution in [3.05, 3.63) is 65.7 Å². The van der Waals surface area contributed by atoms with E-state index in [0.29, 0.717) is 13.1 Å². The summed E-state index contributed by atoms with van der Waals surface area (Å²) in [5.41, 5.74) is 7.58. The van der Waals surface area contributed by atoms with E-state index in [1.54, 1.807) is 17.0 Å². The third-order valence-corrected chi connectivity index (χ3v) is 5.93. The number of hydrogen-bond donors (Lipinski definition) is 5. The van der Waals surface area contributed by atoms with Gasteiger partial charge in [0.15, 0.2) is 0 Å². The van der Waals surface area contributed by atoms with Crippen LogP contribution < -0.4 is 21.7 Å². The van der Waals surface area contributed by atoms with Gasteiger partial charge in [-0.15, -0.1) is 0 Å². The van der Waals surface area contributed by atoms with Crippen LogP contribution in [0.5, 0.6) is 5.75 Å². The number of likely N-dealkylation sites (N-methyl/N-ethyl adjacent to an activating group) is 1. The van der Waals surface area contributed by atoms with Crippen molar-refractivity contribution in [3.8, 4) is 5.75 Å². The number of nitrogens with one attached hydrogen (secondary N) is 3. The minimum absolute atomic E-state index is 0.110. The summed E-state index contributed by atoms with van der Waals surface area (Å²) in [6, 6.07) is 12.7. The maximum Gasteiger partial charge on any atom is 0.243 e. The van der Waals surface area contributed by atoms with Crippen molar-refractivity contribution in [3.63, 3.8) is 0 Å². The van der Waals surface area contributed by atoms with Crippen molar-refractivity contribution in [2.45, 2.75) is 51.7 Å². The minimum Gasteiger partial charge on any atom is -0.508 e. The Labute approximate surface area is 217 Å². The van der Waals surface area contributed by atoms with E-state index in [4.69, 9.17) is 5.73 Å². The van der Waals surface area contributed by atoms with Gasteiger partial charge in [-0.1, -0.05) is 42.5 Å². The second kappa shape index (κ2) is 14.6. The molecule has 10 nitrogen and oxygen atoms in total. The maximum atomic E-state index is 12.9. The number of amides is 4. The van der Waals surface area contributed by atoms with Crippen LogP contribution in [0.2, 0.25) is 0 Å². The number of carbonyl (C=O) groups is 4. The molecule has 6 N–H and O–H groups in total. The summed E-state index contributed by atoms with van der Waals surface area (Å²) in [6.45, 7) is 6.09. The molecule has 3 atom stereocenters. The van der Waals surface area contributed by atoms with Gasteiger partial charge < -0.3 is 31.7 Å². The van der Waals surface area contributed by atoms with Crippen LogP contribution in [0.1, 0.15) is 31.9 Å². The van der Waals surface area contributed by atoms with E-state index in [1.165, 1.54) is 19.1 Å². The van der Waals surface area contributed by atoms with Crippen LogP contribution in [0.15, 0.2) is 54.6 Å². The molecule has 0 radical (unpaired) electrons. The lowest BCUT2D eigenvalue weighted by molar-refractivity contribution is -0.134. The van der Waals surface area contributed by atoms with E-state index in [1.807, 2.05) is 44.2 Å². The number of rotatable bonds is 13. The van der Waals surface area contributed by atoms with E-state index in [9.17, 15) is 24.3 Å². The molecule has 0 spiro atoms. The minimum atomic E-state index is -0.957. The molecule has 2 aromatic rings. The fraction of sp³-hybridized carbons (Fsp3) is 0.407. The number of phenolic OH excluding ortho intramolecular Hbond substituents is 1. The molecule has 0 aliphatic heterocycles. The van der Waals surface area contributed by atoms with Gasteiger partial charge in [0.1, 0.15) is 17.8 Å². The van der Waals surface area contributed by atoms with Gasteiger partial charge >= 0.3 is 0 Å². The first-order chi connectivity index (χ1) is 17.6. The molecule has 10 heteroatoms. The third kappa shape index (κ3) is 9.57. The molecule has 2 aromatic carbocycles. The highest BCUT2D eigenvalue weighted by molar-refractivity contribution is 5.94. The van der Waals surface area contributed by atoms with Crippen LogP contribution in [0.3, 0.4) is 0 Å². The zero-order valence-corrected chi connectivity index (χ0v) is 21.6. The lowest BCUT2D eigenvalue weighted by Gasteiger charge is -2.23. The Hall–Kier alpha value is -3.92. The van der Waals surface area contributed by atoms with Gasteiger partial charge in [0.25, 0.3) is 0 Å². The van der Waals surface area contributed by atoms with Gasteiger partial charge in [0.05, 0.1) is 12.6 Å². The average Bonchev–Trinajstić information content (AvgIpc) is 2.89. The molecule has 2 rings (SSSR count). The molecule has 4 amide bonds. The highest BCUT2D eigenvalue weighted by Crippen LogP contribution is 2.11. The molecule has 200 valence electrons. The number of benzene rings is 2. The van der Waals surface area contributed by atoms with Gasteiger partial charge in [0, 0.05) is 19.5 Å². The van der Waals surface area contributed by atoms with Gasteiger partial charge in [-0.05, 0) is 50.5 Å². The summed E-state index contributed by atoms with van der Waals surface area (Å²) in [5.74, 6) is -1.69. The summed E-state index contributed by atoms with van der Waals surface area (Å²) in [4.78, 5) is 52.3. The lowest BCUT2D eigenvalue weighted by Crippen LogP contribution is -2.56. The number of phenols is 1. The summed E-state index contributed by atoms with van der Waals surface area (Å²) >= 11 is 0. The predicted molar refractivity (Wildman–Crippen MR) is 140 cm³/mol. The second-order valence-corrected chi connectivity index (χ2v) is 8.74. The van der Waals surface area contributed by atoms with Gasteiger partial charge in [-0.2, -0.15) is 0 Å². The van der Waals surface area contributed by atoms with E-state index >= 15 is 0 Å². The number of aromatic hydroxyl groups is 1. The van der Waals surface area contributed by atoms with Crippen molar-refractivity contribution in [1.29, 1.82) is 0 Å². The normalized spacial score (nSPS) is 13.1. The SMILES string of the molecule is CCN(CC)C(=O)CNC(=O)[C@H](Cc1ccccc1)NC(=O)[C@@H](C)NC(=O)[C@@H](N)Cc1ccc(O)cc1. The van der Waals surface area contributed by atoms with Crippen LogP contribution >= 0.6 is 0 Å². The molecule has 0 fully saturated rings. The van der Waals surface area contributed by atoms with Gasteiger partial charge in [-0.3, -0.25) is 19.2 Å². The Morgan fingerprint density at radius 3 is 2.03 bits per heavy atom. The molecule has 0 saturated carbocycles. The monoisotopic (exact) mass is 511 g/mol. The summed E-state index contributed by atoms with van der Waals surface area (Å²) in [6.07, 6.45) is 0.430. The Morgan fingerprint density at radius 2 is 1.43 bits per heavy atom. The van der Waals surface area contributed by atoms with Crippen LogP contribution in [-0.4, -0.2) is 71.4 Å². The van der Waals surface area contributed by atoms with Crippen LogP contribution in [-0.2, 0) is 32.0 Å². The Kier molecular flexibility index (Phi) is 11.6. The fourth-order valence-corrected chi connectivity index (χ4v) is 3.69. The second-order valence-electron chi connectivity index (χ2n) is 8.74. The first kappa shape index (κ1) is 29.3. The van der Waals surface area contributed by atoms with E-state index < -0.39 is 35.8 Å². The summed E-state index contributed by atoms with van der Waals surface area (Å²) < 4.78 is 0. The van der Waals surface area contributed by atoms with Gasteiger partial charge in [0.2, 0.25) is 23.6 Å². The zero-order valence-electron chi connectivity index (χ0n) is 21.6. The molecule has 0 unspecified atom stereocenters. The molecule has 0 aromatic heterocycles. The Morgan fingerprint density at radius 1 is 0.838 bits per heavy atom. The average molecular weight is 512 g/mol. The van der Waals surface area contributed by atoms with Crippen molar-refractivity contribution < 1.29 is 24.3 Å². The van der Waals surface area contributed by atoms with E-state index in [0.717, 1.165) is 11.1 Å². The van der Waals surface area contributed by atoms with E-state index in [2.05, 4.69) is 16.0 Å². The molecular formula is C27H37N5O5. The molecular weight excluding hydrogens is 474 g/mol. The number of hydrogen-bond acceptors (Lipinski definition) is 6. The van der Waals surface area contributed by atoms with Crippen molar-refractivity contribution in [2.75, 3.05) is 19.6 Å². The highest BCUT2D eigenvalue weighted by Gasteiger charge is 2.26. The third-order valence-electron chi connectivity index (χ3n) is 5.93. The fourth-order valence-electron chi connectivity index (χ4n) is 3.69. The topological polar surface area (TPSA) is 154 Å². The largest absolute Gasteiger partial charge is 0.508 e. The molecule has 0 saturated heterocycles. The molecule has 0 aliphatic rings. The predicted octanol–water partition coefficient (Wildman–Crippen LogP) is 0.479. The zero-order chi connectivity index (χ0) is 27.4. The first-order valence-electron chi connectivity index (χ1n) is 12.4. The van der Waals surface area contributed by atoms with Gasteiger partial charge in [-0.25, -0.2) is 0 Å². The maximum absolute atomic E-state index is 12.9. The summed E-state index contributed by atoms with van der Waals surface area (Å²) in [5, 5.41) is 17.3. The van der Waals surface area contributed by atoms with E-state index in [-0.39, 0.29) is 31.0 Å². The number of nitrogens with two attached hydrogens (primary N) is 1. The van der Waals surface area contributed by atoms with Crippen LogP contribution in [0.4, 0.5) is 0 Å². The molecule has 0 heterocycles. The highest BCUT2D eigenvalue weighted by atomic mass is 16.3. The quantitative estimate of drug-likeness (QED) is 0.264. The first-order valence-corrected chi connectivity index (χ1v) is 12.4. The molecule has 0 bridgehead atoms. The lowest BCUT2D eigenvalue weighted by atomic mass is 10.0. The number of carbonyl (C=O) groups excluding carboxylic acids is 4. The van der Waals surface area contributed by atoms with Crippen LogP contribution in [0.25, 0.3) is 0 Å².